The van der Waals surface area contributed by atoms with E-state index in [4.69, 9.17) is 5.11 Å². The van der Waals surface area contributed by atoms with Crippen molar-refractivity contribution in [1.29, 1.82) is 0 Å². The van der Waals surface area contributed by atoms with E-state index in [2.05, 4.69) is 26.1 Å². The van der Waals surface area contributed by atoms with E-state index < -0.39 is 5.60 Å². The molecule has 0 saturated heterocycles. The Bertz CT molecular complexity index is 173. The van der Waals surface area contributed by atoms with E-state index in [1.54, 1.807) is 0 Å². The van der Waals surface area contributed by atoms with Gasteiger partial charge in [0.15, 0.2) is 0 Å². The van der Waals surface area contributed by atoms with Gasteiger partial charge in [-0.2, -0.15) is 0 Å². The second-order valence-corrected chi connectivity index (χ2v) is 5.66. The van der Waals surface area contributed by atoms with Crippen molar-refractivity contribution >= 4 is 0 Å². The molecule has 0 rings (SSSR count). The fraction of sp³-hybridized carbons (Fsp3) is 1.00. The maximum absolute atomic E-state index is 9.88. The monoisotopic (exact) mass is 217 g/mol. The predicted molar refractivity (Wildman–Crippen MR) is 63.9 cm³/mol. The molecule has 0 saturated carbocycles. The zero-order chi connectivity index (χ0) is 12.1. The number of aliphatic hydroxyl groups excluding tert-OH is 1. The van der Waals surface area contributed by atoms with Crippen LogP contribution in [0.15, 0.2) is 0 Å². The van der Waals surface area contributed by atoms with E-state index in [1.807, 2.05) is 13.8 Å². The summed E-state index contributed by atoms with van der Waals surface area (Å²) in [6.45, 7) is 11.0. The largest absolute Gasteiger partial charge is 0.396 e. The van der Waals surface area contributed by atoms with Gasteiger partial charge in [0.25, 0.3) is 0 Å². The van der Waals surface area contributed by atoms with Crippen molar-refractivity contribution < 1.29 is 10.2 Å². The molecule has 0 amide bonds. The number of rotatable bonds is 6. The Morgan fingerprint density at radius 2 is 1.73 bits per heavy atom. The molecule has 0 fully saturated rings. The van der Waals surface area contributed by atoms with Crippen LogP contribution in [0.3, 0.4) is 0 Å². The summed E-state index contributed by atoms with van der Waals surface area (Å²) in [6, 6.07) is 0.237. The van der Waals surface area contributed by atoms with E-state index in [9.17, 15) is 5.11 Å². The highest BCUT2D eigenvalue weighted by Gasteiger charge is 2.26. The second kappa shape index (κ2) is 5.83. The van der Waals surface area contributed by atoms with Gasteiger partial charge in [0, 0.05) is 19.2 Å². The first-order chi connectivity index (χ1) is 6.73. The molecule has 2 unspecified atom stereocenters. The molecule has 92 valence electrons. The van der Waals surface area contributed by atoms with Gasteiger partial charge in [-0.15, -0.1) is 0 Å². The summed E-state index contributed by atoms with van der Waals surface area (Å²) < 4.78 is 0. The van der Waals surface area contributed by atoms with Gasteiger partial charge < -0.3 is 15.5 Å². The van der Waals surface area contributed by atoms with Gasteiger partial charge >= 0.3 is 0 Å². The lowest BCUT2D eigenvalue weighted by molar-refractivity contribution is 0.0454. The molecule has 0 aliphatic heterocycles. The summed E-state index contributed by atoms with van der Waals surface area (Å²) in [5.74, 6) is 0. The van der Waals surface area contributed by atoms with Crippen LogP contribution in [0.5, 0.6) is 0 Å². The molecule has 0 heterocycles. The average molecular weight is 217 g/mol. The molecular formula is C12H27NO2. The van der Waals surface area contributed by atoms with E-state index in [0.29, 0.717) is 6.54 Å². The van der Waals surface area contributed by atoms with Crippen LogP contribution < -0.4 is 5.32 Å². The molecular weight excluding hydrogens is 190 g/mol. The van der Waals surface area contributed by atoms with Gasteiger partial charge in [0.05, 0.1) is 5.60 Å². The summed E-state index contributed by atoms with van der Waals surface area (Å²) in [5, 5.41) is 22.2. The van der Waals surface area contributed by atoms with E-state index in [0.717, 1.165) is 12.8 Å². The first-order valence-electron chi connectivity index (χ1n) is 5.79. The van der Waals surface area contributed by atoms with Crippen LogP contribution >= 0.6 is 0 Å². The molecule has 2 atom stereocenters. The Labute approximate surface area is 93.9 Å². The van der Waals surface area contributed by atoms with Crippen LogP contribution in [0.25, 0.3) is 0 Å². The van der Waals surface area contributed by atoms with Crippen molar-refractivity contribution in [2.75, 3.05) is 13.2 Å². The zero-order valence-corrected chi connectivity index (χ0v) is 10.8. The van der Waals surface area contributed by atoms with Crippen molar-refractivity contribution in [2.24, 2.45) is 5.41 Å². The fourth-order valence-corrected chi connectivity index (χ4v) is 1.44. The predicted octanol–water partition coefficient (Wildman–Crippen LogP) is 1.53. The topological polar surface area (TPSA) is 52.5 Å². The highest BCUT2D eigenvalue weighted by atomic mass is 16.3. The van der Waals surface area contributed by atoms with Crippen molar-refractivity contribution in [1.82, 2.24) is 5.32 Å². The van der Waals surface area contributed by atoms with Crippen molar-refractivity contribution in [2.45, 2.75) is 59.1 Å². The molecule has 15 heavy (non-hydrogen) atoms. The van der Waals surface area contributed by atoms with Gasteiger partial charge in [0.2, 0.25) is 0 Å². The standard InChI is InChI=1S/C12H27NO2/c1-6-12(5,15)9-13-10(7-8-14)11(2,3)4/h10,13-15H,6-9H2,1-5H3. The summed E-state index contributed by atoms with van der Waals surface area (Å²) in [7, 11) is 0. The highest BCUT2D eigenvalue weighted by Crippen LogP contribution is 2.22. The molecule has 3 nitrogen and oxygen atoms in total. The molecule has 0 spiro atoms. The Morgan fingerprint density at radius 1 is 1.20 bits per heavy atom. The van der Waals surface area contributed by atoms with E-state index in [-0.39, 0.29) is 18.1 Å². The van der Waals surface area contributed by atoms with Gasteiger partial charge in [-0.05, 0) is 25.2 Å². The molecule has 0 aromatic rings. The van der Waals surface area contributed by atoms with Crippen LogP contribution in [0.1, 0.15) is 47.5 Å². The number of hydrogen-bond acceptors (Lipinski definition) is 3. The van der Waals surface area contributed by atoms with Crippen molar-refractivity contribution in [3.05, 3.63) is 0 Å². The van der Waals surface area contributed by atoms with Crippen LogP contribution in [0.2, 0.25) is 0 Å². The normalized spacial score (nSPS) is 18.6. The lowest BCUT2D eigenvalue weighted by atomic mass is 9.84. The Balaban J connectivity index is 4.19. The van der Waals surface area contributed by atoms with E-state index in [1.165, 1.54) is 0 Å². The first-order valence-corrected chi connectivity index (χ1v) is 5.79. The third-order valence-electron chi connectivity index (χ3n) is 2.95. The lowest BCUT2D eigenvalue weighted by Crippen LogP contribution is -2.47. The fourth-order valence-electron chi connectivity index (χ4n) is 1.44. The average Bonchev–Trinajstić information content (AvgIpc) is 2.10. The molecule has 0 aromatic carbocycles. The van der Waals surface area contributed by atoms with Crippen molar-refractivity contribution in [3.8, 4) is 0 Å². The van der Waals surface area contributed by atoms with Gasteiger partial charge in [-0.3, -0.25) is 0 Å². The van der Waals surface area contributed by atoms with Crippen LogP contribution in [-0.2, 0) is 0 Å². The maximum atomic E-state index is 9.88. The van der Waals surface area contributed by atoms with E-state index >= 15 is 0 Å². The number of nitrogens with one attached hydrogen (secondary N) is 1. The minimum absolute atomic E-state index is 0.104. The zero-order valence-electron chi connectivity index (χ0n) is 10.8. The molecule has 3 N–H and O–H groups in total. The van der Waals surface area contributed by atoms with Gasteiger partial charge in [0.1, 0.15) is 0 Å². The van der Waals surface area contributed by atoms with Gasteiger partial charge in [-0.25, -0.2) is 0 Å². The summed E-state index contributed by atoms with van der Waals surface area (Å²) >= 11 is 0. The minimum Gasteiger partial charge on any atom is -0.396 e. The number of hydrogen-bond donors (Lipinski definition) is 3. The highest BCUT2D eigenvalue weighted by molar-refractivity contribution is 4.84. The molecule has 0 radical (unpaired) electrons. The lowest BCUT2D eigenvalue weighted by Gasteiger charge is -2.34. The quantitative estimate of drug-likeness (QED) is 0.632. The summed E-state index contributed by atoms with van der Waals surface area (Å²) in [4.78, 5) is 0. The Morgan fingerprint density at radius 3 is 2.07 bits per heavy atom. The van der Waals surface area contributed by atoms with Gasteiger partial charge in [-0.1, -0.05) is 27.7 Å². The molecule has 0 bridgehead atoms. The SMILES string of the molecule is CCC(C)(O)CNC(CCO)C(C)(C)C. The van der Waals surface area contributed by atoms with Crippen molar-refractivity contribution in [3.63, 3.8) is 0 Å². The van der Waals surface area contributed by atoms with Crippen LogP contribution in [-0.4, -0.2) is 35.0 Å². The number of aliphatic hydroxyl groups is 2. The van der Waals surface area contributed by atoms with Crippen LogP contribution in [0.4, 0.5) is 0 Å². The van der Waals surface area contributed by atoms with Crippen LogP contribution in [0, 0.1) is 5.41 Å². The smallest absolute Gasteiger partial charge is 0.0741 e. The Kier molecular flexibility index (Phi) is 5.78. The third kappa shape index (κ3) is 6.13. The minimum atomic E-state index is -0.654. The molecule has 3 heteroatoms. The summed E-state index contributed by atoms with van der Waals surface area (Å²) in [6.07, 6.45) is 1.46. The second-order valence-electron chi connectivity index (χ2n) is 5.66. The third-order valence-corrected chi connectivity index (χ3v) is 2.95. The molecule has 0 aliphatic carbocycles. The molecule has 0 aromatic heterocycles. The maximum Gasteiger partial charge on any atom is 0.0741 e. The summed E-state index contributed by atoms with van der Waals surface area (Å²) in [5.41, 5.74) is -0.550. The Hall–Kier alpha value is -0.120. The molecule has 0 aliphatic rings. The first kappa shape index (κ1) is 14.9.